The number of alkyl carbamates (subject to hydrolysis) is 1. The summed E-state index contributed by atoms with van der Waals surface area (Å²) in [4.78, 5) is 22.5. The van der Waals surface area contributed by atoms with E-state index in [1.54, 1.807) is 6.92 Å². The molecule has 0 bridgehead atoms. The van der Waals surface area contributed by atoms with Crippen molar-refractivity contribution in [2.75, 3.05) is 13.7 Å². The lowest BCUT2D eigenvalue weighted by Crippen LogP contribution is -2.45. The van der Waals surface area contributed by atoms with Gasteiger partial charge in [0.2, 0.25) is 0 Å². The Morgan fingerprint density at radius 3 is 2.33 bits per heavy atom. The van der Waals surface area contributed by atoms with Gasteiger partial charge in [-0.05, 0) is 12.8 Å². The minimum Gasteiger partial charge on any atom is -0.467 e. The quantitative estimate of drug-likeness (QED) is 0.705. The Kier molecular flexibility index (Phi) is 6.49. The van der Waals surface area contributed by atoms with Crippen LogP contribution in [0.25, 0.3) is 0 Å². The van der Waals surface area contributed by atoms with Crippen molar-refractivity contribution in [1.29, 1.82) is 0 Å². The molecule has 0 aromatic rings. The summed E-state index contributed by atoms with van der Waals surface area (Å²) < 4.78 is 9.31. The highest BCUT2D eigenvalue weighted by Crippen LogP contribution is 2.09. The minimum absolute atomic E-state index is 0.0156. The molecule has 5 heteroatoms. The van der Waals surface area contributed by atoms with Crippen LogP contribution in [-0.4, -0.2) is 31.8 Å². The number of carbonyl (C=O) groups is 2. The molecule has 0 saturated heterocycles. The summed E-state index contributed by atoms with van der Waals surface area (Å²) in [5.41, 5.74) is 0. The first-order valence-corrected chi connectivity index (χ1v) is 5.07. The van der Waals surface area contributed by atoms with E-state index in [0.29, 0.717) is 0 Å². The highest BCUT2D eigenvalue weighted by molar-refractivity contribution is 5.81. The molecule has 1 N–H and O–H groups in total. The fraction of sp³-hybridized carbons (Fsp3) is 0.800. The molecule has 88 valence electrons. The zero-order valence-corrected chi connectivity index (χ0v) is 9.70. The SMILES string of the molecule is CCOC(=O)N[C@H](C(=O)OC)[C@@H](C)CC. The Hall–Kier alpha value is -1.26. The van der Waals surface area contributed by atoms with Crippen LogP contribution < -0.4 is 5.32 Å². The van der Waals surface area contributed by atoms with E-state index >= 15 is 0 Å². The highest BCUT2D eigenvalue weighted by Gasteiger charge is 2.26. The van der Waals surface area contributed by atoms with Gasteiger partial charge in [-0.25, -0.2) is 9.59 Å². The van der Waals surface area contributed by atoms with E-state index in [1.807, 2.05) is 13.8 Å². The third-order valence-corrected chi connectivity index (χ3v) is 2.22. The predicted octanol–water partition coefficient (Wildman–Crippen LogP) is 1.32. The molecule has 0 spiro atoms. The molecular weight excluding hydrogens is 198 g/mol. The smallest absolute Gasteiger partial charge is 0.407 e. The van der Waals surface area contributed by atoms with Crippen LogP contribution in [0.1, 0.15) is 27.2 Å². The Morgan fingerprint density at radius 2 is 1.93 bits per heavy atom. The molecule has 15 heavy (non-hydrogen) atoms. The van der Waals surface area contributed by atoms with Crippen LogP contribution in [0.4, 0.5) is 4.79 Å². The van der Waals surface area contributed by atoms with Gasteiger partial charge in [-0.15, -0.1) is 0 Å². The summed E-state index contributed by atoms with van der Waals surface area (Å²) >= 11 is 0. The second kappa shape index (κ2) is 7.09. The molecule has 0 rings (SSSR count). The second-order valence-electron chi connectivity index (χ2n) is 3.25. The molecule has 0 aliphatic rings. The van der Waals surface area contributed by atoms with Crippen molar-refractivity contribution < 1.29 is 19.1 Å². The number of methoxy groups -OCH3 is 1. The van der Waals surface area contributed by atoms with Crippen LogP contribution in [0.3, 0.4) is 0 Å². The highest BCUT2D eigenvalue weighted by atomic mass is 16.6. The first kappa shape index (κ1) is 13.7. The first-order valence-electron chi connectivity index (χ1n) is 5.07. The molecule has 0 fully saturated rings. The van der Waals surface area contributed by atoms with E-state index in [4.69, 9.17) is 4.74 Å². The Labute approximate surface area is 90.1 Å². The van der Waals surface area contributed by atoms with Gasteiger partial charge in [-0.1, -0.05) is 20.3 Å². The van der Waals surface area contributed by atoms with Crippen molar-refractivity contribution in [1.82, 2.24) is 5.32 Å². The molecule has 5 nitrogen and oxygen atoms in total. The van der Waals surface area contributed by atoms with Gasteiger partial charge in [0.25, 0.3) is 0 Å². The van der Waals surface area contributed by atoms with Crippen molar-refractivity contribution in [2.24, 2.45) is 5.92 Å². The molecule has 0 saturated carbocycles. The van der Waals surface area contributed by atoms with Gasteiger partial charge in [-0.3, -0.25) is 0 Å². The van der Waals surface area contributed by atoms with Crippen LogP contribution >= 0.6 is 0 Å². The summed E-state index contributed by atoms with van der Waals surface area (Å²) in [5.74, 6) is -0.431. The second-order valence-corrected chi connectivity index (χ2v) is 3.25. The maximum Gasteiger partial charge on any atom is 0.407 e. The van der Waals surface area contributed by atoms with E-state index in [-0.39, 0.29) is 12.5 Å². The van der Waals surface area contributed by atoms with Crippen LogP contribution in [0.5, 0.6) is 0 Å². The van der Waals surface area contributed by atoms with Gasteiger partial charge in [-0.2, -0.15) is 0 Å². The lowest BCUT2D eigenvalue weighted by atomic mass is 9.99. The van der Waals surface area contributed by atoms with Crippen molar-refractivity contribution >= 4 is 12.1 Å². The summed E-state index contributed by atoms with van der Waals surface area (Å²) in [6, 6.07) is -0.640. The third kappa shape index (κ3) is 4.67. The number of hydrogen-bond acceptors (Lipinski definition) is 4. The number of carbonyl (C=O) groups excluding carboxylic acids is 2. The molecule has 1 amide bonds. The Morgan fingerprint density at radius 1 is 1.33 bits per heavy atom. The van der Waals surface area contributed by atoms with Crippen molar-refractivity contribution in [3.63, 3.8) is 0 Å². The largest absolute Gasteiger partial charge is 0.467 e. The number of rotatable bonds is 5. The van der Waals surface area contributed by atoms with Gasteiger partial charge < -0.3 is 14.8 Å². The predicted molar refractivity (Wildman–Crippen MR) is 55.4 cm³/mol. The van der Waals surface area contributed by atoms with Gasteiger partial charge in [0, 0.05) is 0 Å². The Bertz CT molecular complexity index is 217. The molecule has 0 heterocycles. The average Bonchev–Trinajstić information content (AvgIpc) is 2.24. The number of amides is 1. The van der Waals surface area contributed by atoms with E-state index in [1.165, 1.54) is 7.11 Å². The van der Waals surface area contributed by atoms with Crippen molar-refractivity contribution in [3.05, 3.63) is 0 Å². The number of nitrogens with one attached hydrogen (secondary N) is 1. The fourth-order valence-electron chi connectivity index (χ4n) is 1.10. The van der Waals surface area contributed by atoms with E-state index < -0.39 is 18.1 Å². The first-order chi connectivity index (χ1) is 7.06. The van der Waals surface area contributed by atoms with E-state index in [9.17, 15) is 9.59 Å². The monoisotopic (exact) mass is 217 g/mol. The fourth-order valence-corrected chi connectivity index (χ4v) is 1.10. The summed E-state index contributed by atoms with van der Waals surface area (Å²) in [6.07, 6.45) is 0.180. The molecule has 0 unspecified atom stereocenters. The van der Waals surface area contributed by atoms with Crippen LogP contribution in [-0.2, 0) is 14.3 Å². The summed E-state index contributed by atoms with van der Waals surface area (Å²) in [5, 5.41) is 2.48. The van der Waals surface area contributed by atoms with Crippen LogP contribution in [0.2, 0.25) is 0 Å². The lowest BCUT2D eigenvalue weighted by molar-refractivity contribution is -0.144. The summed E-state index contributed by atoms with van der Waals surface area (Å²) in [6.45, 7) is 5.79. The zero-order valence-electron chi connectivity index (χ0n) is 9.70. The average molecular weight is 217 g/mol. The number of ether oxygens (including phenoxy) is 2. The van der Waals surface area contributed by atoms with Crippen LogP contribution in [0.15, 0.2) is 0 Å². The van der Waals surface area contributed by atoms with Crippen molar-refractivity contribution in [3.8, 4) is 0 Å². The zero-order chi connectivity index (χ0) is 11.8. The molecular formula is C10H19NO4. The van der Waals surface area contributed by atoms with Gasteiger partial charge in [0.05, 0.1) is 13.7 Å². The molecule has 0 radical (unpaired) electrons. The normalized spacial score (nSPS) is 13.9. The van der Waals surface area contributed by atoms with Crippen LogP contribution in [0, 0.1) is 5.92 Å². The summed E-state index contributed by atoms with van der Waals surface area (Å²) in [7, 11) is 1.30. The molecule has 0 aliphatic heterocycles. The molecule has 0 aliphatic carbocycles. The topological polar surface area (TPSA) is 64.6 Å². The minimum atomic E-state index is -0.640. The Balaban J connectivity index is 4.37. The third-order valence-electron chi connectivity index (χ3n) is 2.22. The molecule has 2 atom stereocenters. The van der Waals surface area contributed by atoms with E-state index in [0.717, 1.165) is 6.42 Å². The maximum atomic E-state index is 11.4. The molecule has 0 aromatic carbocycles. The van der Waals surface area contributed by atoms with Gasteiger partial charge in [0.15, 0.2) is 0 Å². The van der Waals surface area contributed by atoms with Crippen molar-refractivity contribution in [2.45, 2.75) is 33.2 Å². The van der Waals surface area contributed by atoms with Gasteiger partial charge >= 0.3 is 12.1 Å². The molecule has 0 aromatic heterocycles. The maximum absolute atomic E-state index is 11.4. The lowest BCUT2D eigenvalue weighted by Gasteiger charge is -2.21. The van der Waals surface area contributed by atoms with Gasteiger partial charge in [0.1, 0.15) is 6.04 Å². The van der Waals surface area contributed by atoms with E-state index in [2.05, 4.69) is 10.1 Å². The standard InChI is InChI=1S/C10H19NO4/c1-5-7(3)8(9(12)14-4)11-10(13)15-6-2/h7-8H,5-6H2,1-4H3,(H,11,13)/t7-,8-/m0/s1. The number of hydrogen-bond donors (Lipinski definition) is 1. The number of esters is 1.